The van der Waals surface area contributed by atoms with Crippen molar-refractivity contribution in [3.05, 3.63) is 95.6 Å². The fourth-order valence-electron chi connectivity index (χ4n) is 4.76. The molecule has 0 saturated carbocycles. The average Bonchev–Trinajstić information content (AvgIpc) is 2.98. The molecule has 0 radical (unpaired) electrons. The summed E-state index contributed by atoms with van der Waals surface area (Å²) in [5.41, 5.74) is 6.65. The first-order valence-electron chi connectivity index (χ1n) is 11.5. The van der Waals surface area contributed by atoms with Crippen LogP contribution in [0.5, 0.6) is 0 Å². The van der Waals surface area contributed by atoms with E-state index in [1.807, 2.05) is 0 Å². The smallest absolute Gasteiger partial charge is 0.0484 e. The Labute approximate surface area is 186 Å². The highest BCUT2D eigenvalue weighted by molar-refractivity contribution is 5.88. The maximum absolute atomic E-state index is 2.63. The minimum Gasteiger partial charge on any atom is -0.340 e. The van der Waals surface area contributed by atoms with Gasteiger partial charge in [0.1, 0.15) is 0 Å². The molecule has 3 aromatic rings. The molecular formula is C28H31N3. The molecular weight excluding hydrogens is 378 g/mol. The fraction of sp³-hybridized carbons (Fsp3) is 0.286. The highest BCUT2D eigenvalue weighted by Gasteiger charge is 2.19. The van der Waals surface area contributed by atoms with Crippen LogP contribution >= 0.6 is 0 Å². The quantitative estimate of drug-likeness (QED) is 0.531. The lowest BCUT2D eigenvalue weighted by atomic mass is 10.1. The van der Waals surface area contributed by atoms with Gasteiger partial charge in [-0.05, 0) is 41.8 Å². The molecule has 3 nitrogen and oxygen atoms in total. The topological polar surface area (TPSA) is 9.72 Å². The number of fused-ring (bicyclic) bond motifs is 2. The Morgan fingerprint density at radius 2 is 1.10 bits per heavy atom. The van der Waals surface area contributed by atoms with E-state index in [1.165, 1.54) is 47.6 Å². The second-order valence-corrected chi connectivity index (χ2v) is 8.56. The molecule has 1 saturated heterocycles. The molecule has 0 bridgehead atoms. The van der Waals surface area contributed by atoms with Crippen LogP contribution in [0.2, 0.25) is 0 Å². The van der Waals surface area contributed by atoms with Gasteiger partial charge in [-0.1, -0.05) is 78.9 Å². The molecule has 0 spiro atoms. The zero-order valence-electron chi connectivity index (χ0n) is 18.2. The van der Waals surface area contributed by atoms with Gasteiger partial charge in [-0.25, -0.2) is 0 Å². The molecule has 0 aliphatic carbocycles. The van der Waals surface area contributed by atoms with Crippen LogP contribution in [-0.2, 0) is 6.54 Å². The first-order valence-corrected chi connectivity index (χ1v) is 11.5. The summed E-state index contributed by atoms with van der Waals surface area (Å²) in [5, 5.41) is 0. The highest BCUT2D eigenvalue weighted by atomic mass is 15.3. The third kappa shape index (κ3) is 4.73. The summed E-state index contributed by atoms with van der Waals surface area (Å²) in [4.78, 5) is 7.73. The number of para-hydroxylation sites is 2. The summed E-state index contributed by atoms with van der Waals surface area (Å²) in [6.45, 7) is 7.93. The summed E-state index contributed by atoms with van der Waals surface area (Å²) in [6, 6.07) is 28.4. The predicted octanol–water partition coefficient (Wildman–Crippen LogP) is 5.52. The minimum absolute atomic E-state index is 1.04. The molecule has 2 heterocycles. The Kier molecular flexibility index (Phi) is 6.15. The van der Waals surface area contributed by atoms with Gasteiger partial charge in [0.2, 0.25) is 0 Å². The maximum atomic E-state index is 2.63. The zero-order valence-corrected chi connectivity index (χ0v) is 18.2. The van der Waals surface area contributed by atoms with Crippen LogP contribution in [-0.4, -0.2) is 49.1 Å². The lowest BCUT2D eigenvalue weighted by molar-refractivity contribution is 0.127. The Balaban J connectivity index is 1.18. The van der Waals surface area contributed by atoms with Crippen LogP contribution in [0, 0.1) is 0 Å². The molecule has 31 heavy (non-hydrogen) atoms. The van der Waals surface area contributed by atoms with Gasteiger partial charge in [0.15, 0.2) is 0 Å². The van der Waals surface area contributed by atoms with Gasteiger partial charge >= 0.3 is 0 Å². The van der Waals surface area contributed by atoms with E-state index in [4.69, 9.17) is 0 Å². The van der Waals surface area contributed by atoms with Gasteiger partial charge in [-0.2, -0.15) is 0 Å². The average molecular weight is 410 g/mol. The largest absolute Gasteiger partial charge is 0.340 e. The van der Waals surface area contributed by atoms with Crippen LogP contribution in [0.3, 0.4) is 0 Å². The van der Waals surface area contributed by atoms with Gasteiger partial charge in [-0.3, -0.25) is 4.90 Å². The van der Waals surface area contributed by atoms with Crippen molar-refractivity contribution >= 4 is 23.5 Å². The van der Waals surface area contributed by atoms with Crippen LogP contribution < -0.4 is 4.90 Å². The van der Waals surface area contributed by atoms with E-state index in [-0.39, 0.29) is 0 Å². The SMILES string of the molecule is C1=Cc2ccccc2N(CCCN2CCN(Cc3ccccc3)CC2)c2ccccc21. The Morgan fingerprint density at radius 3 is 1.74 bits per heavy atom. The van der Waals surface area contributed by atoms with Gasteiger partial charge in [0.05, 0.1) is 0 Å². The second kappa shape index (κ2) is 9.51. The number of rotatable bonds is 6. The van der Waals surface area contributed by atoms with Crippen LogP contribution in [0.1, 0.15) is 23.1 Å². The number of benzene rings is 3. The van der Waals surface area contributed by atoms with Gasteiger partial charge in [0, 0.05) is 50.6 Å². The third-order valence-corrected chi connectivity index (χ3v) is 6.47. The lowest BCUT2D eigenvalue weighted by Gasteiger charge is -2.35. The van der Waals surface area contributed by atoms with Crippen molar-refractivity contribution in [1.29, 1.82) is 0 Å². The predicted molar refractivity (Wildman–Crippen MR) is 132 cm³/mol. The van der Waals surface area contributed by atoms with E-state index in [1.54, 1.807) is 0 Å². The molecule has 5 rings (SSSR count). The summed E-state index contributed by atoms with van der Waals surface area (Å²) in [6.07, 6.45) is 5.67. The summed E-state index contributed by atoms with van der Waals surface area (Å²) < 4.78 is 0. The molecule has 0 atom stereocenters. The van der Waals surface area contributed by atoms with Crippen molar-refractivity contribution in [1.82, 2.24) is 9.80 Å². The zero-order chi connectivity index (χ0) is 20.9. The molecule has 1 fully saturated rings. The fourth-order valence-corrected chi connectivity index (χ4v) is 4.76. The van der Waals surface area contributed by atoms with E-state index >= 15 is 0 Å². The van der Waals surface area contributed by atoms with Crippen molar-refractivity contribution < 1.29 is 0 Å². The molecule has 2 aliphatic rings. The molecule has 3 heteroatoms. The van der Waals surface area contributed by atoms with Crippen molar-refractivity contribution in [3.63, 3.8) is 0 Å². The number of nitrogens with zero attached hydrogens (tertiary/aromatic N) is 3. The molecule has 0 amide bonds. The van der Waals surface area contributed by atoms with E-state index in [9.17, 15) is 0 Å². The first kappa shape index (κ1) is 20.0. The number of anilines is 2. The minimum atomic E-state index is 1.04. The van der Waals surface area contributed by atoms with Crippen molar-refractivity contribution in [3.8, 4) is 0 Å². The molecule has 3 aromatic carbocycles. The highest BCUT2D eigenvalue weighted by Crippen LogP contribution is 2.36. The third-order valence-electron chi connectivity index (χ3n) is 6.47. The van der Waals surface area contributed by atoms with E-state index < -0.39 is 0 Å². The van der Waals surface area contributed by atoms with E-state index in [0.29, 0.717) is 0 Å². The number of hydrogen-bond acceptors (Lipinski definition) is 3. The van der Waals surface area contributed by atoms with Crippen LogP contribution in [0.25, 0.3) is 12.2 Å². The van der Waals surface area contributed by atoms with E-state index in [0.717, 1.165) is 32.7 Å². The van der Waals surface area contributed by atoms with Crippen molar-refractivity contribution in [2.45, 2.75) is 13.0 Å². The normalized spacial score (nSPS) is 16.6. The van der Waals surface area contributed by atoms with Gasteiger partial charge in [0.25, 0.3) is 0 Å². The molecule has 0 unspecified atom stereocenters. The Hall–Kier alpha value is -2.88. The van der Waals surface area contributed by atoms with Gasteiger partial charge in [-0.15, -0.1) is 0 Å². The van der Waals surface area contributed by atoms with Crippen LogP contribution in [0.4, 0.5) is 11.4 Å². The van der Waals surface area contributed by atoms with Crippen molar-refractivity contribution in [2.24, 2.45) is 0 Å². The Bertz CT molecular complexity index is 970. The second-order valence-electron chi connectivity index (χ2n) is 8.56. The monoisotopic (exact) mass is 409 g/mol. The maximum Gasteiger partial charge on any atom is 0.0484 e. The first-order chi connectivity index (χ1) is 15.4. The Morgan fingerprint density at radius 1 is 0.548 bits per heavy atom. The van der Waals surface area contributed by atoms with Gasteiger partial charge < -0.3 is 9.80 Å². The molecule has 0 N–H and O–H groups in total. The number of piperazine rings is 1. The summed E-state index contributed by atoms with van der Waals surface area (Å²) in [7, 11) is 0. The van der Waals surface area contributed by atoms with E-state index in [2.05, 4.69) is 106 Å². The molecule has 2 aliphatic heterocycles. The van der Waals surface area contributed by atoms with Crippen LogP contribution in [0.15, 0.2) is 78.9 Å². The molecule has 158 valence electrons. The standard InChI is InChI=1S/C28H31N3/c1-2-9-24(10-3-1)23-30-21-19-29(20-22-30)17-8-18-31-27-13-6-4-11-25(27)15-16-26-12-5-7-14-28(26)31/h1-7,9-16H,8,17-23H2. The summed E-state index contributed by atoms with van der Waals surface area (Å²) in [5.74, 6) is 0. The lowest BCUT2D eigenvalue weighted by Crippen LogP contribution is -2.46. The molecule has 0 aromatic heterocycles. The number of hydrogen-bond donors (Lipinski definition) is 0. The van der Waals surface area contributed by atoms with Crippen molar-refractivity contribution in [2.75, 3.05) is 44.2 Å². The summed E-state index contributed by atoms with van der Waals surface area (Å²) >= 11 is 0.